The second-order valence-electron chi connectivity index (χ2n) is 8.12. The first-order valence-corrected chi connectivity index (χ1v) is 11.9. The van der Waals surface area contributed by atoms with Gasteiger partial charge in [0.2, 0.25) is 10.0 Å². The van der Waals surface area contributed by atoms with Crippen LogP contribution < -0.4 is 9.46 Å². The van der Waals surface area contributed by atoms with Crippen molar-refractivity contribution in [1.29, 1.82) is 5.26 Å². The van der Waals surface area contributed by atoms with Gasteiger partial charge < -0.3 is 9.30 Å². The van der Waals surface area contributed by atoms with E-state index in [-0.39, 0.29) is 11.8 Å². The number of nitriles is 1. The lowest BCUT2D eigenvalue weighted by molar-refractivity contribution is -0.0497. The first-order chi connectivity index (χ1) is 15.2. The predicted octanol–water partition coefficient (Wildman–Crippen LogP) is 5.66. The van der Waals surface area contributed by atoms with E-state index in [2.05, 4.69) is 15.5 Å². The molecule has 1 N–H and O–H groups in total. The second kappa shape index (κ2) is 8.43. The molecular formula is C23H23F2N3O3S. The minimum absolute atomic E-state index is 0.0417. The molecule has 1 heterocycles. The van der Waals surface area contributed by atoms with Crippen LogP contribution in [0.25, 0.3) is 22.2 Å². The summed E-state index contributed by atoms with van der Waals surface area (Å²) in [7, 11) is -3.48. The third-order valence-electron chi connectivity index (χ3n) is 5.79. The first kappa shape index (κ1) is 22.1. The number of ether oxygens (including phenoxy) is 1. The number of aromatic nitrogens is 1. The molecule has 0 amide bonds. The van der Waals surface area contributed by atoms with E-state index in [0.717, 1.165) is 24.8 Å². The lowest BCUT2D eigenvalue weighted by Gasteiger charge is -2.30. The summed E-state index contributed by atoms with van der Waals surface area (Å²) in [5.74, 6) is 0.0417. The Bertz CT molecular complexity index is 1290. The van der Waals surface area contributed by atoms with E-state index >= 15 is 0 Å². The van der Waals surface area contributed by atoms with E-state index in [0.29, 0.717) is 27.8 Å². The summed E-state index contributed by atoms with van der Waals surface area (Å²) in [6.45, 7) is 0.259. The van der Waals surface area contributed by atoms with Crippen LogP contribution in [-0.2, 0) is 10.0 Å². The molecule has 0 atom stereocenters. The van der Waals surface area contributed by atoms with Crippen molar-refractivity contribution >= 4 is 26.6 Å². The number of benzene rings is 2. The summed E-state index contributed by atoms with van der Waals surface area (Å²) in [5, 5.41) is 10.0. The third kappa shape index (κ3) is 4.02. The molecule has 4 rings (SSSR count). The van der Waals surface area contributed by atoms with Crippen LogP contribution >= 0.6 is 0 Å². The fourth-order valence-corrected chi connectivity index (χ4v) is 4.57. The monoisotopic (exact) mass is 459 g/mol. The van der Waals surface area contributed by atoms with Crippen molar-refractivity contribution < 1.29 is 21.9 Å². The molecular weight excluding hydrogens is 436 g/mol. The van der Waals surface area contributed by atoms with Crippen LogP contribution in [0.2, 0.25) is 0 Å². The summed E-state index contributed by atoms with van der Waals surface area (Å²) in [6, 6.07) is 13.9. The zero-order valence-corrected chi connectivity index (χ0v) is 18.5. The van der Waals surface area contributed by atoms with Gasteiger partial charge in [0.1, 0.15) is 11.8 Å². The number of nitrogens with one attached hydrogen (secondary N) is 1. The van der Waals surface area contributed by atoms with Gasteiger partial charge in [0, 0.05) is 23.2 Å². The highest BCUT2D eigenvalue weighted by atomic mass is 32.2. The molecule has 6 nitrogen and oxygen atoms in total. The number of sulfonamides is 1. The Labute approximate surface area is 185 Å². The molecule has 0 radical (unpaired) electrons. The molecule has 0 aliphatic heterocycles. The van der Waals surface area contributed by atoms with Crippen LogP contribution in [0.5, 0.6) is 5.75 Å². The van der Waals surface area contributed by atoms with Crippen LogP contribution in [0.15, 0.2) is 42.5 Å². The summed E-state index contributed by atoms with van der Waals surface area (Å²) >= 11 is 0. The van der Waals surface area contributed by atoms with Crippen molar-refractivity contribution in [2.45, 2.75) is 51.0 Å². The van der Waals surface area contributed by atoms with Crippen molar-refractivity contribution in [2.75, 3.05) is 4.72 Å². The van der Waals surface area contributed by atoms with E-state index in [1.54, 1.807) is 50.2 Å². The Kier molecular flexibility index (Phi) is 5.82. The summed E-state index contributed by atoms with van der Waals surface area (Å²) in [6.07, 6.45) is 2.90. The van der Waals surface area contributed by atoms with E-state index in [1.807, 2.05) is 4.57 Å². The normalized spacial score (nSPS) is 14.5. The molecule has 0 spiro atoms. The molecule has 1 aliphatic rings. The molecule has 0 bridgehead atoms. The Balaban J connectivity index is 1.83. The van der Waals surface area contributed by atoms with Gasteiger partial charge in [-0.05, 0) is 62.9 Å². The number of halogens is 2. The topological polar surface area (TPSA) is 84.1 Å². The SMILES string of the molecule is CC(C)S(=O)(=O)Nc1ccc(-c2c(C#N)c3ccc(OC(F)F)cc3n2C2CCC2)cc1. The maximum absolute atomic E-state index is 12.7. The van der Waals surface area contributed by atoms with E-state index in [4.69, 9.17) is 0 Å². The molecule has 2 aromatic carbocycles. The van der Waals surface area contributed by atoms with Gasteiger partial charge in [-0.2, -0.15) is 14.0 Å². The standard InChI is InChI=1S/C23H23F2N3O3S/c1-14(2)32(29,30)27-16-8-6-15(7-9-16)22-20(13-26)19-11-10-18(31-23(24)25)12-21(19)28(22)17-4-3-5-17/h6-12,14,17,23,27H,3-5H2,1-2H3. The van der Waals surface area contributed by atoms with Gasteiger partial charge in [-0.25, -0.2) is 8.42 Å². The fraction of sp³-hybridized carbons (Fsp3) is 0.348. The smallest absolute Gasteiger partial charge is 0.387 e. The number of nitrogens with zero attached hydrogens (tertiary/aromatic N) is 2. The minimum Gasteiger partial charge on any atom is -0.435 e. The van der Waals surface area contributed by atoms with Crippen LogP contribution in [0.4, 0.5) is 14.5 Å². The van der Waals surface area contributed by atoms with Crippen LogP contribution in [-0.4, -0.2) is 24.8 Å². The second-order valence-corrected chi connectivity index (χ2v) is 10.4. The van der Waals surface area contributed by atoms with E-state index in [9.17, 15) is 22.5 Å². The molecule has 1 fully saturated rings. The molecule has 1 aliphatic carbocycles. The van der Waals surface area contributed by atoms with E-state index < -0.39 is 21.9 Å². The number of rotatable bonds is 7. The highest BCUT2D eigenvalue weighted by molar-refractivity contribution is 7.93. The molecule has 1 saturated carbocycles. The summed E-state index contributed by atoms with van der Waals surface area (Å²) in [5.41, 5.74) is 2.99. The number of alkyl halides is 2. The average molecular weight is 460 g/mol. The molecule has 168 valence electrons. The van der Waals surface area contributed by atoms with Gasteiger partial charge in [0.15, 0.2) is 0 Å². The first-order valence-electron chi connectivity index (χ1n) is 10.4. The highest BCUT2D eigenvalue weighted by Crippen LogP contribution is 2.43. The van der Waals surface area contributed by atoms with Gasteiger partial charge in [-0.15, -0.1) is 0 Å². The minimum atomic E-state index is -3.48. The maximum Gasteiger partial charge on any atom is 0.387 e. The van der Waals surface area contributed by atoms with Gasteiger partial charge in [-0.1, -0.05) is 12.1 Å². The highest BCUT2D eigenvalue weighted by Gasteiger charge is 2.28. The molecule has 9 heteroatoms. The predicted molar refractivity (Wildman–Crippen MR) is 119 cm³/mol. The van der Waals surface area contributed by atoms with Crippen LogP contribution in [0, 0.1) is 11.3 Å². The molecule has 0 unspecified atom stereocenters. The fourth-order valence-electron chi connectivity index (χ4n) is 3.87. The van der Waals surface area contributed by atoms with E-state index in [1.165, 1.54) is 6.07 Å². The molecule has 0 saturated heterocycles. The Morgan fingerprint density at radius 1 is 1.16 bits per heavy atom. The zero-order valence-electron chi connectivity index (χ0n) is 17.7. The van der Waals surface area contributed by atoms with Gasteiger partial charge >= 0.3 is 6.61 Å². The quantitative estimate of drug-likeness (QED) is 0.494. The lowest BCUT2D eigenvalue weighted by atomic mass is 9.92. The van der Waals surface area contributed by atoms with Gasteiger partial charge in [-0.3, -0.25) is 4.72 Å². The van der Waals surface area contributed by atoms with Crippen molar-refractivity contribution in [2.24, 2.45) is 0 Å². The largest absolute Gasteiger partial charge is 0.435 e. The maximum atomic E-state index is 12.7. The Hall–Kier alpha value is -3.12. The Morgan fingerprint density at radius 3 is 2.38 bits per heavy atom. The Morgan fingerprint density at radius 2 is 1.84 bits per heavy atom. The number of fused-ring (bicyclic) bond motifs is 1. The molecule has 1 aromatic heterocycles. The number of hydrogen-bond donors (Lipinski definition) is 1. The lowest BCUT2D eigenvalue weighted by Crippen LogP contribution is -2.22. The summed E-state index contributed by atoms with van der Waals surface area (Å²) in [4.78, 5) is 0. The van der Waals surface area contributed by atoms with Crippen molar-refractivity contribution in [1.82, 2.24) is 4.57 Å². The summed E-state index contributed by atoms with van der Waals surface area (Å²) < 4.78 is 59.0. The zero-order chi connectivity index (χ0) is 23.0. The number of anilines is 1. The molecule has 3 aromatic rings. The number of hydrogen-bond acceptors (Lipinski definition) is 4. The van der Waals surface area contributed by atoms with Crippen LogP contribution in [0.3, 0.4) is 0 Å². The van der Waals surface area contributed by atoms with Crippen molar-refractivity contribution in [3.63, 3.8) is 0 Å². The van der Waals surface area contributed by atoms with Crippen molar-refractivity contribution in [3.8, 4) is 23.1 Å². The van der Waals surface area contributed by atoms with Crippen molar-refractivity contribution in [3.05, 3.63) is 48.0 Å². The van der Waals surface area contributed by atoms with Gasteiger partial charge in [0.05, 0.1) is 22.0 Å². The average Bonchev–Trinajstić information content (AvgIpc) is 3.00. The third-order valence-corrected chi connectivity index (χ3v) is 7.55. The van der Waals surface area contributed by atoms with Gasteiger partial charge in [0.25, 0.3) is 0 Å². The van der Waals surface area contributed by atoms with Crippen LogP contribution in [0.1, 0.15) is 44.7 Å². The molecule has 32 heavy (non-hydrogen) atoms.